The van der Waals surface area contributed by atoms with E-state index in [1.54, 1.807) is 37.5 Å². The van der Waals surface area contributed by atoms with Crippen molar-refractivity contribution in [2.75, 3.05) is 6.61 Å². The number of carbonyl (C=O) groups is 1. The molecule has 8 heteroatoms. The number of hydrogen-bond acceptors (Lipinski definition) is 6. The molecule has 2 aromatic carbocycles. The van der Waals surface area contributed by atoms with Crippen LogP contribution in [-0.4, -0.2) is 36.0 Å². The van der Waals surface area contributed by atoms with Crippen LogP contribution in [0.2, 0.25) is 0 Å². The summed E-state index contributed by atoms with van der Waals surface area (Å²) in [5.41, 5.74) is 4.13. The molecule has 0 radical (unpaired) electrons. The largest absolute Gasteiger partial charge is 0.394 e. The SMILES string of the molecule is Cc1ccc(-c2cc(C[SH](=O)=O)cc(C(=O)N[C@H](CO)c3cnc(C)nc3)c2)cc1. The van der Waals surface area contributed by atoms with Gasteiger partial charge < -0.3 is 10.4 Å². The van der Waals surface area contributed by atoms with Gasteiger partial charge >= 0.3 is 0 Å². The van der Waals surface area contributed by atoms with Crippen LogP contribution in [0, 0.1) is 13.8 Å². The summed E-state index contributed by atoms with van der Waals surface area (Å²) in [5, 5.41) is 12.5. The predicted molar refractivity (Wildman–Crippen MR) is 115 cm³/mol. The molecule has 0 fully saturated rings. The summed E-state index contributed by atoms with van der Waals surface area (Å²) < 4.78 is 22.5. The van der Waals surface area contributed by atoms with E-state index in [9.17, 15) is 18.3 Å². The van der Waals surface area contributed by atoms with Gasteiger partial charge in [-0.05, 0) is 42.7 Å². The van der Waals surface area contributed by atoms with Gasteiger partial charge in [-0.3, -0.25) is 4.79 Å². The second kappa shape index (κ2) is 9.60. The summed E-state index contributed by atoms with van der Waals surface area (Å²) in [7, 11) is -2.64. The number of aromatic nitrogens is 2. The van der Waals surface area contributed by atoms with Crippen LogP contribution in [0.3, 0.4) is 0 Å². The molecular formula is C22H23N3O4S. The van der Waals surface area contributed by atoms with Gasteiger partial charge in [0.05, 0.1) is 18.4 Å². The molecule has 0 saturated carbocycles. The zero-order chi connectivity index (χ0) is 21.7. The normalized spacial score (nSPS) is 12.0. The van der Waals surface area contributed by atoms with E-state index in [1.807, 2.05) is 31.2 Å². The number of aryl methyl sites for hydroxylation is 2. The Morgan fingerprint density at radius 3 is 2.30 bits per heavy atom. The van der Waals surface area contributed by atoms with E-state index in [1.165, 1.54) is 0 Å². The number of benzene rings is 2. The number of hydrogen-bond donors (Lipinski definition) is 3. The van der Waals surface area contributed by atoms with Crippen molar-refractivity contribution in [3.05, 3.63) is 82.9 Å². The number of thiol groups is 1. The highest BCUT2D eigenvalue weighted by molar-refractivity contribution is 7.71. The Balaban J connectivity index is 1.94. The summed E-state index contributed by atoms with van der Waals surface area (Å²) >= 11 is 0. The van der Waals surface area contributed by atoms with Crippen LogP contribution >= 0.6 is 0 Å². The molecular weight excluding hydrogens is 402 g/mol. The second-order valence-electron chi connectivity index (χ2n) is 7.05. The van der Waals surface area contributed by atoms with E-state index in [-0.39, 0.29) is 12.4 Å². The van der Waals surface area contributed by atoms with E-state index in [0.717, 1.165) is 16.7 Å². The third-order valence-corrected chi connectivity index (χ3v) is 5.27. The van der Waals surface area contributed by atoms with Crippen molar-refractivity contribution >= 4 is 16.6 Å². The highest BCUT2D eigenvalue weighted by Gasteiger charge is 2.17. The van der Waals surface area contributed by atoms with Gasteiger partial charge in [0.25, 0.3) is 5.91 Å². The van der Waals surface area contributed by atoms with Crippen LogP contribution in [0.15, 0.2) is 54.9 Å². The van der Waals surface area contributed by atoms with Gasteiger partial charge in [0.1, 0.15) is 16.5 Å². The van der Waals surface area contributed by atoms with Gasteiger partial charge in [0.15, 0.2) is 0 Å². The lowest BCUT2D eigenvalue weighted by molar-refractivity contribution is 0.0916. The molecule has 7 nitrogen and oxygen atoms in total. The van der Waals surface area contributed by atoms with Gasteiger partial charge in [-0.1, -0.05) is 35.9 Å². The van der Waals surface area contributed by atoms with E-state index >= 15 is 0 Å². The number of rotatable bonds is 7. The van der Waals surface area contributed by atoms with E-state index < -0.39 is 22.7 Å². The average molecular weight is 426 g/mol. The minimum atomic E-state index is -2.64. The standard InChI is InChI=1S/C22H23N3O4S/c1-14-3-5-17(6-4-14)18-7-16(13-30(28)29)8-19(9-18)22(27)25-21(12-26)20-10-23-15(2)24-11-20/h3-11,21,26,30H,12-13H2,1-2H3,(H,25,27)/t21-/m1/s1. The molecule has 156 valence electrons. The van der Waals surface area contributed by atoms with Crippen molar-refractivity contribution in [1.29, 1.82) is 0 Å². The molecule has 0 bridgehead atoms. The van der Waals surface area contributed by atoms with Gasteiger partial charge in [-0.15, -0.1) is 0 Å². The molecule has 0 saturated heterocycles. The molecule has 0 aliphatic rings. The highest BCUT2D eigenvalue weighted by Crippen LogP contribution is 2.24. The summed E-state index contributed by atoms with van der Waals surface area (Å²) in [6, 6.07) is 12.1. The van der Waals surface area contributed by atoms with Gasteiger partial charge in [-0.2, -0.15) is 0 Å². The summed E-state index contributed by atoms with van der Waals surface area (Å²) in [4.78, 5) is 21.1. The lowest BCUT2D eigenvalue weighted by Gasteiger charge is -2.17. The summed E-state index contributed by atoms with van der Waals surface area (Å²) in [5.74, 6) is -0.000218. The lowest BCUT2D eigenvalue weighted by Crippen LogP contribution is -2.31. The Kier molecular flexibility index (Phi) is 6.91. The van der Waals surface area contributed by atoms with E-state index in [0.29, 0.717) is 22.5 Å². The van der Waals surface area contributed by atoms with Crippen molar-refractivity contribution in [1.82, 2.24) is 15.3 Å². The summed E-state index contributed by atoms with van der Waals surface area (Å²) in [6.07, 6.45) is 3.11. The van der Waals surface area contributed by atoms with Crippen molar-refractivity contribution in [3.63, 3.8) is 0 Å². The molecule has 3 aromatic rings. The van der Waals surface area contributed by atoms with Crippen molar-refractivity contribution in [2.24, 2.45) is 0 Å². The van der Waals surface area contributed by atoms with Crippen molar-refractivity contribution in [3.8, 4) is 11.1 Å². The van der Waals surface area contributed by atoms with E-state index in [2.05, 4.69) is 15.3 Å². The molecule has 0 aliphatic heterocycles. The fraction of sp³-hybridized carbons (Fsp3) is 0.227. The molecule has 0 aliphatic carbocycles. The Bertz CT molecular complexity index is 1100. The molecule has 0 spiro atoms. The van der Waals surface area contributed by atoms with Crippen LogP contribution in [0.5, 0.6) is 0 Å². The van der Waals surface area contributed by atoms with E-state index in [4.69, 9.17) is 0 Å². The van der Waals surface area contributed by atoms with Crippen LogP contribution in [0.4, 0.5) is 0 Å². The summed E-state index contributed by atoms with van der Waals surface area (Å²) in [6.45, 7) is 3.40. The first-order valence-corrected chi connectivity index (χ1v) is 10.7. The first kappa shape index (κ1) is 21.6. The zero-order valence-corrected chi connectivity index (χ0v) is 17.6. The van der Waals surface area contributed by atoms with Crippen LogP contribution in [0.1, 0.15) is 38.9 Å². The Morgan fingerprint density at radius 1 is 1.03 bits per heavy atom. The minimum absolute atomic E-state index is 0.162. The Labute approximate surface area is 176 Å². The molecule has 1 atom stereocenters. The number of amides is 1. The maximum absolute atomic E-state index is 12.9. The number of nitrogens with zero attached hydrogens (tertiary/aromatic N) is 2. The predicted octanol–water partition coefficient (Wildman–Crippen LogP) is 2.34. The average Bonchev–Trinajstić information content (AvgIpc) is 2.72. The molecule has 1 aromatic heterocycles. The second-order valence-corrected chi connectivity index (χ2v) is 8.03. The molecule has 3 rings (SSSR count). The fourth-order valence-electron chi connectivity index (χ4n) is 3.03. The number of carbonyl (C=O) groups excluding carboxylic acids is 1. The smallest absolute Gasteiger partial charge is 0.251 e. The van der Waals surface area contributed by atoms with Crippen molar-refractivity contribution in [2.45, 2.75) is 25.6 Å². The molecule has 2 N–H and O–H groups in total. The Morgan fingerprint density at radius 2 is 1.70 bits per heavy atom. The van der Waals surface area contributed by atoms with Crippen LogP contribution < -0.4 is 5.32 Å². The maximum Gasteiger partial charge on any atom is 0.251 e. The topological polar surface area (TPSA) is 109 Å². The quantitative estimate of drug-likeness (QED) is 0.501. The highest BCUT2D eigenvalue weighted by atomic mass is 32.2. The zero-order valence-electron chi connectivity index (χ0n) is 16.7. The number of nitrogens with one attached hydrogen (secondary N) is 1. The molecule has 1 heterocycles. The third kappa shape index (κ3) is 5.49. The third-order valence-electron chi connectivity index (χ3n) is 4.64. The first-order chi connectivity index (χ1) is 14.4. The molecule has 0 unspecified atom stereocenters. The van der Waals surface area contributed by atoms with Crippen molar-refractivity contribution < 1.29 is 18.3 Å². The lowest BCUT2D eigenvalue weighted by atomic mass is 9.99. The monoisotopic (exact) mass is 425 g/mol. The molecule has 1 amide bonds. The fourth-order valence-corrected chi connectivity index (χ4v) is 3.52. The van der Waals surface area contributed by atoms with Gasteiger partial charge in [0, 0.05) is 23.5 Å². The first-order valence-electron chi connectivity index (χ1n) is 9.39. The number of aliphatic hydroxyl groups excluding tert-OH is 1. The minimum Gasteiger partial charge on any atom is -0.394 e. The van der Waals surface area contributed by atoms with Gasteiger partial charge in [0.2, 0.25) is 0 Å². The van der Waals surface area contributed by atoms with Crippen LogP contribution in [0.25, 0.3) is 11.1 Å². The van der Waals surface area contributed by atoms with Gasteiger partial charge in [-0.25, -0.2) is 18.4 Å². The van der Waals surface area contributed by atoms with Crippen LogP contribution in [-0.2, 0) is 16.5 Å². The maximum atomic E-state index is 12.9. The number of aliphatic hydroxyl groups is 1. The Hall–Kier alpha value is -3.10. The molecule has 30 heavy (non-hydrogen) atoms.